The molecule has 2 aromatic heterocycles. The molecule has 5 heteroatoms. The SMILES string of the molecule is CNC(C)Cc1nc(Cl)c2cccc(N)n12. The quantitative estimate of drug-likeness (QED) is 0.856. The van der Waals surface area contributed by atoms with Crippen molar-refractivity contribution < 1.29 is 0 Å². The number of anilines is 1. The van der Waals surface area contributed by atoms with E-state index in [1.165, 1.54) is 0 Å². The standard InChI is InChI=1S/C11H15ClN4/c1-7(14-2)6-10-15-11(12)8-4-3-5-9(13)16(8)10/h3-5,7,14H,6,13H2,1-2H3. The summed E-state index contributed by atoms with van der Waals surface area (Å²) in [5.41, 5.74) is 6.79. The van der Waals surface area contributed by atoms with E-state index in [1.807, 2.05) is 29.6 Å². The summed E-state index contributed by atoms with van der Waals surface area (Å²) in [6.45, 7) is 2.09. The fourth-order valence-corrected chi connectivity index (χ4v) is 1.95. The van der Waals surface area contributed by atoms with Gasteiger partial charge in [-0.25, -0.2) is 4.98 Å². The van der Waals surface area contributed by atoms with Gasteiger partial charge >= 0.3 is 0 Å². The molecule has 0 fully saturated rings. The van der Waals surface area contributed by atoms with Crippen LogP contribution in [0.1, 0.15) is 12.7 Å². The van der Waals surface area contributed by atoms with Gasteiger partial charge in [-0.3, -0.25) is 4.40 Å². The summed E-state index contributed by atoms with van der Waals surface area (Å²) in [5.74, 6) is 1.55. The van der Waals surface area contributed by atoms with Crippen LogP contribution in [0.3, 0.4) is 0 Å². The maximum atomic E-state index is 6.07. The number of nitrogens with one attached hydrogen (secondary N) is 1. The molecule has 0 aliphatic heterocycles. The minimum Gasteiger partial charge on any atom is -0.385 e. The Morgan fingerprint density at radius 3 is 3.00 bits per heavy atom. The zero-order chi connectivity index (χ0) is 11.7. The Bertz CT molecular complexity index is 506. The zero-order valence-electron chi connectivity index (χ0n) is 9.37. The number of hydrogen-bond donors (Lipinski definition) is 2. The van der Waals surface area contributed by atoms with Crippen LogP contribution in [0.5, 0.6) is 0 Å². The zero-order valence-corrected chi connectivity index (χ0v) is 10.1. The van der Waals surface area contributed by atoms with Crippen molar-refractivity contribution in [3.63, 3.8) is 0 Å². The second kappa shape index (κ2) is 4.31. The number of nitrogens with two attached hydrogens (primary N) is 1. The number of nitrogen functional groups attached to an aromatic ring is 1. The van der Waals surface area contributed by atoms with Gasteiger partial charge in [-0.05, 0) is 26.1 Å². The van der Waals surface area contributed by atoms with Gasteiger partial charge < -0.3 is 11.1 Å². The number of rotatable bonds is 3. The highest BCUT2D eigenvalue weighted by Crippen LogP contribution is 2.21. The van der Waals surface area contributed by atoms with Gasteiger partial charge in [-0.1, -0.05) is 17.7 Å². The maximum Gasteiger partial charge on any atom is 0.155 e. The van der Waals surface area contributed by atoms with E-state index in [0.717, 1.165) is 17.8 Å². The number of nitrogens with zero attached hydrogens (tertiary/aromatic N) is 2. The predicted octanol–water partition coefficient (Wildman–Crippen LogP) is 1.72. The van der Waals surface area contributed by atoms with Crippen LogP contribution in [0.2, 0.25) is 5.15 Å². The highest BCUT2D eigenvalue weighted by atomic mass is 35.5. The molecule has 86 valence electrons. The summed E-state index contributed by atoms with van der Waals surface area (Å²) in [7, 11) is 1.92. The Hall–Kier alpha value is -1.26. The second-order valence-corrected chi connectivity index (χ2v) is 4.24. The molecule has 3 N–H and O–H groups in total. The van der Waals surface area contributed by atoms with Gasteiger partial charge in [0.1, 0.15) is 11.6 Å². The lowest BCUT2D eigenvalue weighted by molar-refractivity contribution is 0.590. The third-order valence-corrected chi connectivity index (χ3v) is 2.98. The summed E-state index contributed by atoms with van der Waals surface area (Å²) < 4.78 is 1.90. The Morgan fingerprint density at radius 2 is 2.31 bits per heavy atom. The maximum absolute atomic E-state index is 6.07. The van der Waals surface area contributed by atoms with E-state index in [2.05, 4.69) is 17.2 Å². The molecule has 0 aromatic carbocycles. The summed E-state index contributed by atoms with van der Waals surface area (Å²) in [5, 5.41) is 3.67. The number of likely N-dealkylation sites (N-methyl/N-ethyl adjacent to an activating group) is 1. The Labute approximate surface area is 99.4 Å². The number of aromatic nitrogens is 2. The van der Waals surface area contributed by atoms with Gasteiger partial charge in [-0.15, -0.1) is 0 Å². The van der Waals surface area contributed by atoms with Crippen molar-refractivity contribution in [1.29, 1.82) is 0 Å². The molecule has 0 bridgehead atoms. The van der Waals surface area contributed by atoms with Gasteiger partial charge in [0, 0.05) is 12.5 Å². The average molecular weight is 239 g/mol. The van der Waals surface area contributed by atoms with E-state index < -0.39 is 0 Å². The van der Waals surface area contributed by atoms with E-state index in [9.17, 15) is 0 Å². The van der Waals surface area contributed by atoms with Crippen molar-refractivity contribution in [2.75, 3.05) is 12.8 Å². The molecule has 0 amide bonds. The lowest BCUT2D eigenvalue weighted by Gasteiger charge is -2.09. The molecule has 0 aliphatic rings. The number of imidazole rings is 1. The summed E-state index contributed by atoms with van der Waals surface area (Å²) in [6, 6.07) is 5.97. The fourth-order valence-electron chi connectivity index (χ4n) is 1.71. The van der Waals surface area contributed by atoms with Crippen molar-refractivity contribution in [3.05, 3.63) is 29.2 Å². The Balaban J connectivity index is 2.53. The van der Waals surface area contributed by atoms with E-state index in [1.54, 1.807) is 0 Å². The molecule has 2 aromatic rings. The molecule has 1 unspecified atom stereocenters. The van der Waals surface area contributed by atoms with Crippen LogP contribution in [0.4, 0.5) is 5.82 Å². The van der Waals surface area contributed by atoms with Gasteiger partial charge in [-0.2, -0.15) is 0 Å². The van der Waals surface area contributed by atoms with E-state index in [-0.39, 0.29) is 0 Å². The molecule has 0 saturated heterocycles. The summed E-state index contributed by atoms with van der Waals surface area (Å²) in [4.78, 5) is 4.35. The first kappa shape index (κ1) is 11.2. The van der Waals surface area contributed by atoms with Crippen LogP contribution in [-0.2, 0) is 6.42 Å². The second-order valence-electron chi connectivity index (χ2n) is 3.88. The molecule has 0 radical (unpaired) electrons. The third-order valence-electron chi connectivity index (χ3n) is 2.70. The summed E-state index contributed by atoms with van der Waals surface area (Å²) >= 11 is 6.07. The van der Waals surface area contributed by atoms with Crippen molar-refractivity contribution in [3.8, 4) is 0 Å². The van der Waals surface area contributed by atoms with Crippen LogP contribution in [0.15, 0.2) is 18.2 Å². The first-order chi connectivity index (χ1) is 7.63. The smallest absolute Gasteiger partial charge is 0.155 e. The molecule has 0 saturated carbocycles. The van der Waals surface area contributed by atoms with Crippen LogP contribution < -0.4 is 11.1 Å². The molecule has 0 aliphatic carbocycles. The molecule has 1 atom stereocenters. The topological polar surface area (TPSA) is 55.3 Å². The van der Waals surface area contributed by atoms with Crippen molar-refractivity contribution in [2.45, 2.75) is 19.4 Å². The molecular formula is C11H15ClN4. The van der Waals surface area contributed by atoms with Gasteiger partial charge in [0.05, 0.1) is 5.52 Å². The Kier molecular flexibility index (Phi) is 3.03. The average Bonchev–Trinajstić information content (AvgIpc) is 2.57. The third kappa shape index (κ3) is 1.86. The number of pyridine rings is 1. The number of fused-ring (bicyclic) bond motifs is 1. The lowest BCUT2D eigenvalue weighted by Crippen LogP contribution is -2.24. The molecule has 2 heterocycles. The summed E-state index contributed by atoms with van der Waals surface area (Å²) in [6.07, 6.45) is 0.790. The van der Waals surface area contributed by atoms with Gasteiger partial charge in [0.15, 0.2) is 5.15 Å². The minimum absolute atomic E-state index is 0.335. The lowest BCUT2D eigenvalue weighted by atomic mass is 10.2. The number of hydrogen-bond acceptors (Lipinski definition) is 3. The molecule has 2 rings (SSSR count). The van der Waals surface area contributed by atoms with Crippen molar-refractivity contribution in [1.82, 2.24) is 14.7 Å². The van der Waals surface area contributed by atoms with E-state index in [4.69, 9.17) is 17.3 Å². The molecule has 4 nitrogen and oxygen atoms in total. The largest absolute Gasteiger partial charge is 0.385 e. The normalized spacial score (nSPS) is 13.2. The van der Waals surface area contributed by atoms with Crippen LogP contribution >= 0.6 is 11.6 Å². The first-order valence-electron chi connectivity index (χ1n) is 5.22. The monoisotopic (exact) mass is 238 g/mol. The van der Waals surface area contributed by atoms with Crippen LogP contribution in [0.25, 0.3) is 5.52 Å². The predicted molar refractivity (Wildman–Crippen MR) is 66.8 cm³/mol. The Morgan fingerprint density at radius 1 is 1.56 bits per heavy atom. The van der Waals surface area contributed by atoms with Crippen LogP contribution in [0, 0.1) is 0 Å². The molecule has 16 heavy (non-hydrogen) atoms. The highest BCUT2D eigenvalue weighted by Gasteiger charge is 2.12. The van der Waals surface area contributed by atoms with E-state index >= 15 is 0 Å². The van der Waals surface area contributed by atoms with Gasteiger partial charge in [0.25, 0.3) is 0 Å². The van der Waals surface area contributed by atoms with Crippen LogP contribution in [-0.4, -0.2) is 22.5 Å². The number of halogens is 1. The van der Waals surface area contributed by atoms with E-state index in [0.29, 0.717) is 17.0 Å². The van der Waals surface area contributed by atoms with Gasteiger partial charge in [0.2, 0.25) is 0 Å². The minimum atomic E-state index is 0.335. The fraction of sp³-hybridized carbons (Fsp3) is 0.364. The first-order valence-corrected chi connectivity index (χ1v) is 5.60. The highest BCUT2D eigenvalue weighted by molar-refractivity contribution is 6.32. The molecular weight excluding hydrogens is 224 g/mol. The van der Waals surface area contributed by atoms with Crippen molar-refractivity contribution >= 4 is 22.9 Å². The molecule has 0 spiro atoms. The van der Waals surface area contributed by atoms with Crippen molar-refractivity contribution in [2.24, 2.45) is 0 Å².